The van der Waals surface area contributed by atoms with Gasteiger partial charge in [-0.3, -0.25) is 10.1 Å². The first-order chi connectivity index (χ1) is 9.63. The highest BCUT2D eigenvalue weighted by molar-refractivity contribution is 5.40. The summed E-state index contributed by atoms with van der Waals surface area (Å²) < 4.78 is 13.3. The fraction of sp³-hybridized carbons (Fsp3) is 0.571. The van der Waals surface area contributed by atoms with E-state index in [9.17, 15) is 14.5 Å². The molecule has 3 heterocycles. The van der Waals surface area contributed by atoms with Crippen LogP contribution in [0, 0.1) is 21.8 Å². The summed E-state index contributed by atoms with van der Waals surface area (Å²) in [7, 11) is 0. The smallest absolute Gasteiger partial charge is 0.274 e. The lowest BCUT2D eigenvalue weighted by molar-refractivity contribution is -0.385. The summed E-state index contributed by atoms with van der Waals surface area (Å²) in [6.07, 6.45) is 2.37. The van der Waals surface area contributed by atoms with Gasteiger partial charge >= 0.3 is 0 Å². The zero-order valence-corrected chi connectivity index (χ0v) is 11.2. The van der Waals surface area contributed by atoms with Gasteiger partial charge in [0.1, 0.15) is 5.82 Å². The predicted molar refractivity (Wildman–Crippen MR) is 72.8 cm³/mol. The largest absolute Gasteiger partial charge is 0.308 e. The molecule has 108 valence electrons. The molecule has 5 nitrogen and oxygen atoms in total. The quantitative estimate of drug-likeness (QED) is 0.675. The molecular formula is C14H18FN3O2. The molecule has 4 rings (SSSR count). The second-order valence-corrected chi connectivity index (χ2v) is 5.66. The van der Waals surface area contributed by atoms with Crippen LogP contribution in [0.3, 0.4) is 0 Å². The van der Waals surface area contributed by atoms with Crippen LogP contribution in [0.25, 0.3) is 0 Å². The number of halogens is 1. The predicted octanol–water partition coefficient (Wildman–Crippen LogP) is 1.92. The van der Waals surface area contributed by atoms with Gasteiger partial charge in [-0.1, -0.05) is 0 Å². The molecule has 1 aromatic carbocycles. The number of benzene rings is 1. The topological polar surface area (TPSA) is 58.4 Å². The van der Waals surface area contributed by atoms with Crippen molar-refractivity contribution in [3.63, 3.8) is 0 Å². The third-order valence-corrected chi connectivity index (χ3v) is 4.45. The molecule has 1 atom stereocenters. The average Bonchev–Trinajstić information content (AvgIpc) is 2.46. The Balaban J connectivity index is 1.69. The van der Waals surface area contributed by atoms with Gasteiger partial charge in [0.25, 0.3) is 5.69 Å². The molecule has 20 heavy (non-hydrogen) atoms. The second kappa shape index (κ2) is 5.46. The zero-order valence-electron chi connectivity index (χ0n) is 11.2. The van der Waals surface area contributed by atoms with Crippen LogP contribution >= 0.6 is 0 Å². The Morgan fingerprint density at radius 1 is 1.40 bits per heavy atom. The highest BCUT2D eigenvalue weighted by Gasteiger charge is 2.33. The van der Waals surface area contributed by atoms with Gasteiger partial charge in [-0.2, -0.15) is 0 Å². The molecule has 0 amide bonds. The van der Waals surface area contributed by atoms with Crippen LogP contribution in [0.4, 0.5) is 10.1 Å². The number of hydrogen-bond donors (Lipinski definition) is 1. The maximum Gasteiger partial charge on any atom is 0.274 e. The van der Waals surface area contributed by atoms with Crippen LogP contribution < -0.4 is 5.32 Å². The molecule has 0 saturated carbocycles. The Labute approximate surface area is 116 Å². The van der Waals surface area contributed by atoms with Crippen molar-refractivity contribution in [1.82, 2.24) is 10.2 Å². The van der Waals surface area contributed by atoms with Crippen LogP contribution in [0.15, 0.2) is 18.2 Å². The Kier molecular flexibility index (Phi) is 3.67. The molecule has 2 bridgehead atoms. The van der Waals surface area contributed by atoms with E-state index in [1.54, 1.807) is 0 Å². The molecule has 1 aromatic rings. The molecule has 0 spiro atoms. The third kappa shape index (κ3) is 2.66. The molecule has 0 radical (unpaired) electrons. The normalized spacial score (nSPS) is 28.6. The molecule has 3 aliphatic heterocycles. The van der Waals surface area contributed by atoms with Crippen molar-refractivity contribution in [2.45, 2.75) is 25.4 Å². The van der Waals surface area contributed by atoms with Crippen molar-refractivity contribution in [1.29, 1.82) is 0 Å². The summed E-state index contributed by atoms with van der Waals surface area (Å²) in [5, 5.41) is 14.3. The number of hydrogen-bond acceptors (Lipinski definition) is 4. The summed E-state index contributed by atoms with van der Waals surface area (Å²) in [6, 6.07) is 3.99. The van der Waals surface area contributed by atoms with Gasteiger partial charge in [0, 0.05) is 30.8 Å². The lowest BCUT2D eigenvalue weighted by atomic mass is 9.84. The van der Waals surface area contributed by atoms with E-state index in [2.05, 4.69) is 10.2 Å². The number of piperidine rings is 3. The van der Waals surface area contributed by atoms with Crippen molar-refractivity contribution >= 4 is 5.69 Å². The van der Waals surface area contributed by atoms with Crippen molar-refractivity contribution in [3.05, 3.63) is 39.7 Å². The third-order valence-electron chi connectivity index (χ3n) is 4.45. The fourth-order valence-corrected chi connectivity index (χ4v) is 3.31. The molecule has 1 unspecified atom stereocenters. The van der Waals surface area contributed by atoms with Crippen molar-refractivity contribution < 1.29 is 9.31 Å². The van der Waals surface area contributed by atoms with E-state index >= 15 is 0 Å². The maximum atomic E-state index is 13.3. The molecule has 1 N–H and O–H groups in total. The van der Waals surface area contributed by atoms with Crippen molar-refractivity contribution in [2.24, 2.45) is 5.92 Å². The Morgan fingerprint density at radius 2 is 2.15 bits per heavy atom. The minimum Gasteiger partial charge on any atom is -0.308 e. The van der Waals surface area contributed by atoms with Gasteiger partial charge in [0.2, 0.25) is 0 Å². The van der Waals surface area contributed by atoms with E-state index in [1.165, 1.54) is 25.0 Å². The maximum absolute atomic E-state index is 13.3. The molecule has 3 saturated heterocycles. The van der Waals surface area contributed by atoms with Gasteiger partial charge in [-0.15, -0.1) is 0 Å². The van der Waals surface area contributed by atoms with E-state index in [-0.39, 0.29) is 5.69 Å². The van der Waals surface area contributed by atoms with E-state index in [0.29, 0.717) is 24.1 Å². The van der Waals surface area contributed by atoms with Crippen molar-refractivity contribution in [3.8, 4) is 0 Å². The van der Waals surface area contributed by atoms with Gasteiger partial charge in [0.15, 0.2) is 0 Å². The molecule has 0 aliphatic carbocycles. The molecular weight excluding hydrogens is 261 g/mol. The lowest BCUT2D eigenvalue weighted by Crippen LogP contribution is -2.55. The SMILES string of the molecule is O=[N+]([O-])c1ccc(F)cc1CNC1CN2CCC1CC2. The number of nitrogens with zero attached hydrogens (tertiary/aromatic N) is 2. The minimum atomic E-state index is -0.451. The number of nitro groups is 1. The first kappa shape index (κ1) is 13.5. The summed E-state index contributed by atoms with van der Waals surface area (Å²) in [5.41, 5.74) is 0.409. The number of fused-ring (bicyclic) bond motifs is 3. The van der Waals surface area contributed by atoms with Crippen LogP contribution in [0.5, 0.6) is 0 Å². The van der Waals surface area contributed by atoms with E-state index < -0.39 is 10.7 Å². The van der Waals surface area contributed by atoms with E-state index in [4.69, 9.17) is 0 Å². The monoisotopic (exact) mass is 279 g/mol. The first-order valence-corrected chi connectivity index (χ1v) is 7.02. The minimum absolute atomic E-state index is 0.0137. The Bertz CT molecular complexity index is 515. The number of nitro benzene ring substituents is 1. The summed E-state index contributed by atoms with van der Waals surface area (Å²) in [5.74, 6) is 0.217. The van der Waals surface area contributed by atoms with Crippen LogP contribution in [0.2, 0.25) is 0 Å². The number of nitrogens with one attached hydrogen (secondary N) is 1. The molecule has 6 heteroatoms. The Morgan fingerprint density at radius 3 is 2.75 bits per heavy atom. The lowest BCUT2D eigenvalue weighted by Gasteiger charge is -2.45. The van der Waals surface area contributed by atoms with Gasteiger partial charge < -0.3 is 10.2 Å². The highest BCUT2D eigenvalue weighted by atomic mass is 19.1. The average molecular weight is 279 g/mol. The van der Waals surface area contributed by atoms with Crippen molar-refractivity contribution in [2.75, 3.05) is 19.6 Å². The summed E-state index contributed by atoms with van der Waals surface area (Å²) >= 11 is 0. The number of rotatable bonds is 4. The van der Waals surface area contributed by atoms with Gasteiger partial charge in [0.05, 0.1) is 4.92 Å². The standard InChI is InChI=1S/C14H18FN3O2/c15-12-1-2-14(18(19)20)11(7-12)8-16-13-9-17-5-3-10(13)4-6-17/h1-2,7,10,13,16H,3-6,8-9H2. The van der Waals surface area contributed by atoms with Gasteiger partial charge in [-0.25, -0.2) is 4.39 Å². The summed E-state index contributed by atoms with van der Waals surface area (Å²) in [4.78, 5) is 12.9. The van der Waals surface area contributed by atoms with Crippen LogP contribution in [0.1, 0.15) is 18.4 Å². The van der Waals surface area contributed by atoms with E-state index in [1.807, 2.05) is 0 Å². The molecule has 3 aliphatic rings. The fourth-order valence-electron chi connectivity index (χ4n) is 3.31. The first-order valence-electron chi connectivity index (χ1n) is 7.02. The van der Waals surface area contributed by atoms with Gasteiger partial charge in [-0.05, 0) is 44.0 Å². The van der Waals surface area contributed by atoms with Crippen LogP contribution in [-0.4, -0.2) is 35.5 Å². The summed E-state index contributed by atoms with van der Waals surface area (Å²) in [6.45, 7) is 3.66. The second-order valence-electron chi connectivity index (χ2n) is 5.66. The Hall–Kier alpha value is -1.53. The van der Waals surface area contributed by atoms with E-state index in [0.717, 1.165) is 25.7 Å². The van der Waals surface area contributed by atoms with Crippen LogP contribution in [-0.2, 0) is 6.54 Å². The zero-order chi connectivity index (χ0) is 14.1. The molecule has 3 fully saturated rings. The highest BCUT2D eigenvalue weighted by Crippen LogP contribution is 2.28. The molecule has 0 aromatic heterocycles.